The number of nitrogens with two attached hydrogens (primary N) is 1. The largest absolute Gasteiger partial charge is 0.508 e. The minimum Gasteiger partial charge on any atom is -0.508 e. The van der Waals surface area contributed by atoms with Crippen LogP contribution in [0.25, 0.3) is 0 Å². The van der Waals surface area contributed by atoms with Crippen LogP contribution in [0, 0.1) is 6.92 Å². The average molecular weight is 242 g/mol. The molecule has 0 aliphatic heterocycles. The van der Waals surface area contributed by atoms with Crippen LogP contribution in [-0.2, 0) is 0 Å². The molecule has 0 saturated heterocycles. The number of nitrogens with one attached hydrogen (secondary N) is 1. The van der Waals surface area contributed by atoms with E-state index in [1.165, 1.54) is 12.1 Å². The van der Waals surface area contributed by atoms with Crippen LogP contribution in [0.1, 0.15) is 15.9 Å². The van der Waals surface area contributed by atoms with E-state index in [0.717, 1.165) is 5.56 Å². The standard InChI is InChI=1S/C14H14N2O2/c1-9-12(15)6-3-7-13(9)16-14(18)10-4-2-5-11(17)8-10/h2-8,17H,15H2,1H3,(H,16,18). The van der Waals surface area contributed by atoms with Crippen LogP contribution in [0.3, 0.4) is 0 Å². The number of phenolic OH excluding ortho intramolecular Hbond substituents is 1. The van der Waals surface area contributed by atoms with Crippen LogP contribution < -0.4 is 11.1 Å². The normalized spacial score (nSPS) is 10.1. The Bertz CT molecular complexity index is 594. The van der Waals surface area contributed by atoms with E-state index in [-0.39, 0.29) is 11.7 Å². The summed E-state index contributed by atoms with van der Waals surface area (Å²) >= 11 is 0. The van der Waals surface area contributed by atoms with E-state index < -0.39 is 0 Å². The fourth-order valence-electron chi connectivity index (χ4n) is 1.63. The number of anilines is 2. The predicted octanol–water partition coefficient (Wildman–Crippen LogP) is 2.54. The van der Waals surface area contributed by atoms with Gasteiger partial charge >= 0.3 is 0 Å². The summed E-state index contributed by atoms with van der Waals surface area (Å²) in [7, 11) is 0. The predicted molar refractivity (Wildman–Crippen MR) is 71.7 cm³/mol. The van der Waals surface area contributed by atoms with Gasteiger partial charge in [0.15, 0.2) is 0 Å². The molecule has 18 heavy (non-hydrogen) atoms. The van der Waals surface area contributed by atoms with Crippen LogP contribution in [0.15, 0.2) is 42.5 Å². The van der Waals surface area contributed by atoms with E-state index in [4.69, 9.17) is 5.73 Å². The summed E-state index contributed by atoms with van der Waals surface area (Å²) in [4.78, 5) is 12.0. The van der Waals surface area contributed by atoms with Crippen molar-refractivity contribution in [1.29, 1.82) is 0 Å². The van der Waals surface area contributed by atoms with E-state index in [2.05, 4.69) is 5.32 Å². The molecule has 0 atom stereocenters. The number of rotatable bonds is 2. The summed E-state index contributed by atoms with van der Waals surface area (Å²) in [5.74, 6) is -0.216. The summed E-state index contributed by atoms with van der Waals surface area (Å²) in [6.45, 7) is 1.84. The lowest BCUT2D eigenvalue weighted by Crippen LogP contribution is -2.13. The molecule has 1 amide bonds. The molecular weight excluding hydrogens is 228 g/mol. The topological polar surface area (TPSA) is 75.3 Å². The van der Waals surface area contributed by atoms with Gasteiger partial charge in [0.25, 0.3) is 5.91 Å². The summed E-state index contributed by atoms with van der Waals surface area (Å²) in [5, 5.41) is 12.1. The van der Waals surface area contributed by atoms with Gasteiger partial charge in [-0.1, -0.05) is 12.1 Å². The van der Waals surface area contributed by atoms with Gasteiger partial charge in [-0.3, -0.25) is 4.79 Å². The smallest absolute Gasteiger partial charge is 0.255 e. The molecule has 4 heteroatoms. The molecule has 0 spiro atoms. The number of nitrogen functional groups attached to an aromatic ring is 1. The summed E-state index contributed by atoms with van der Waals surface area (Å²) in [6, 6.07) is 11.5. The van der Waals surface area contributed by atoms with E-state index >= 15 is 0 Å². The minimum atomic E-state index is -0.278. The van der Waals surface area contributed by atoms with Gasteiger partial charge in [0.2, 0.25) is 0 Å². The Morgan fingerprint density at radius 2 is 1.94 bits per heavy atom. The second kappa shape index (κ2) is 4.79. The molecule has 2 aromatic rings. The summed E-state index contributed by atoms with van der Waals surface area (Å²) in [5.41, 5.74) is 8.29. The number of hydrogen-bond acceptors (Lipinski definition) is 3. The molecule has 0 aliphatic carbocycles. The van der Waals surface area contributed by atoms with Crippen LogP contribution >= 0.6 is 0 Å². The van der Waals surface area contributed by atoms with Gasteiger partial charge in [0.1, 0.15) is 5.75 Å². The average Bonchev–Trinajstić information content (AvgIpc) is 2.35. The van der Waals surface area contributed by atoms with Gasteiger partial charge in [-0.2, -0.15) is 0 Å². The Labute approximate surface area is 105 Å². The van der Waals surface area contributed by atoms with Gasteiger partial charge in [0, 0.05) is 16.9 Å². The van der Waals surface area contributed by atoms with Crippen molar-refractivity contribution < 1.29 is 9.90 Å². The number of carbonyl (C=O) groups excluding carboxylic acids is 1. The third kappa shape index (κ3) is 2.43. The Balaban J connectivity index is 2.24. The van der Waals surface area contributed by atoms with Crippen LogP contribution in [-0.4, -0.2) is 11.0 Å². The molecule has 4 nitrogen and oxygen atoms in total. The molecule has 0 bridgehead atoms. The maximum atomic E-state index is 12.0. The first-order chi connectivity index (χ1) is 8.58. The molecule has 0 aromatic heterocycles. The zero-order valence-electron chi connectivity index (χ0n) is 9.97. The molecule has 0 saturated carbocycles. The molecular formula is C14H14N2O2. The molecule has 0 aliphatic rings. The second-order valence-electron chi connectivity index (χ2n) is 4.02. The van der Waals surface area contributed by atoms with Crippen molar-refractivity contribution >= 4 is 17.3 Å². The maximum absolute atomic E-state index is 12.0. The minimum absolute atomic E-state index is 0.0620. The van der Waals surface area contributed by atoms with Gasteiger partial charge in [-0.25, -0.2) is 0 Å². The molecule has 92 valence electrons. The summed E-state index contributed by atoms with van der Waals surface area (Å²) in [6.07, 6.45) is 0. The van der Waals surface area contributed by atoms with Crippen molar-refractivity contribution in [3.05, 3.63) is 53.6 Å². The highest BCUT2D eigenvalue weighted by molar-refractivity contribution is 6.05. The number of aromatic hydroxyl groups is 1. The highest BCUT2D eigenvalue weighted by Gasteiger charge is 2.09. The van der Waals surface area contributed by atoms with Crippen LogP contribution in [0.4, 0.5) is 11.4 Å². The quantitative estimate of drug-likeness (QED) is 0.708. The van der Waals surface area contributed by atoms with E-state index in [9.17, 15) is 9.90 Å². The van der Waals surface area contributed by atoms with E-state index in [0.29, 0.717) is 16.9 Å². The van der Waals surface area contributed by atoms with Crippen molar-refractivity contribution in [2.75, 3.05) is 11.1 Å². The van der Waals surface area contributed by atoms with Gasteiger partial charge in [0.05, 0.1) is 0 Å². The highest BCUT2D eigenvalue weighted by Crippen LogP contribution is 2.21. The number of benzene rings is 2. The Morgan fingerprint density at radius 1 is 1.22 bits per heavy atom. The van der Waals surface area contributed by atoms with E-state index in [1.54, 1.807) is 30.3 Å². The molecule has 0 radical (unpaired) electrons. The third-order valence-corrected chi connectivity index (χ3v) is 2.73. The van der Waals surface area contributed by atoms with Gasteiger partial charge in [-0.05, 0) is 42.8 Å². The van der Waals surface area contributed by atoms with Crippen LogP contribution in [0.5, 0.6) is 5.75 Å². The maximum Gasteiger partial charge on any atom is 0.255 e. The fraction of sp³-hybridized carbons (Fsp3) is 0.0714. The number of amides is 1. The lowest BCUT2D eigenvalue weighted by atomic mass is 10.1. The Kier molecular flexibility index (Phi) is 3.19. The lowest BCUT2D eigenvalue weighted by Gasteiger charge is -2.10. The SMILES string of the molecule is Cc1c(N)cccc1NC(=O)c1cccc(O)c1. The molecule has 0 fully saturated rings. The zero-order valence-corrected chi connectivity index (χ0v) is 9.97. The van der Waals surface area contributed by atoms with E-state index in [1.807, 2.05) is 6.92 Å². The fourth-order valence-corrected chi connectivity index (χ4v) is 1.63. The molecule has 0 heterocycles. The molecule has 2 aromatic carbocycles. The number of hydrogen-bond donors (Lipinski definition) is 3. The van der Waals surface area contributed by atoms with Crippen LogP contribution in [0.2, 0.25) is 0 Å². The van der Waals surface area contributed by atoms with Crippen molar-refractivity contribution in [2.24, 2.45) is 0 Å². The van der Waals surface area contributed by atoms with Crippen molar-refractivity contribution in [3.63, 3.8) is 0 Å². The Morgan fingerprint density at radius 3 is 2.67 bits per heavy atom. The van der Waals surface area contributed by atoms with Crippen molar-refractivity contribution in [1.82, 2.24) is 0 Å². The highest BCUT2D eigenvalue weighted by atomic mass is 16.3. The zero-order chi connectivity index (χ0) is 13.1. The molecule has 4 N–H and O–H groups in total. The second-order valence-corrected chi connectivity index (χ2v) is 4.02. The molecule has 2 rings (SSSR count). The lowest BCUT2D eigenvalue weighted by molar-refractivity contribution is 0.102. The van der Waals surface area contributed by atoms with Crippen molar-refractivity contribution in [3.8, 4) is 5.75 Å². The first-order valence-electron chi connectivity index (χ1n) is 5.53. The molecule has 0 unspecified atom stereocenters. The first kappa shape index (κ1) is 12.0. The Hall–Kier alpha value is -2.49. The summed E-state index contributed by atoms with van der Waals surface area (Å²) < 4.78 is 0. The first-order valence-corrected chi connectivity index (χ1v) is 5.53. The third-order valence-electron chi connectivity index (χ3n) is 2.73. The number of carbonyl (C=O) groups is 1. The monoisotopic (exact) mass is 242 g/mol. The van der Waals surface area contributed by atoms with Gasteiger partial charge in [-0.15, -0.1) is 0 Å². The van der Waals surface area contributed by atoms with Gasteiger partial charge < -0.3 is 16.2 Å². The van der Waals surface area contributed by atoms with Crippen molar-refractivity contribution in [2.45, 2.75) is 6.92 Å². The number of phenols is 1.